The van der Waals surface area contributed by atoms with Crippen molar-refractivity contribution in [1.29, 1.82) is 0 Å². The topological polar surface area (TPSA) is 49.3 Å². The third-order valence-electron chi connectivity index (χ3n) is 11.2. The van der Waals surface area contributed by atoms with E-state index >= 15 is 0 Å². The fourth-order valence-electron chi connectivity index (χ4n) is 9.95. The van der Waals surface area contributed by atoms with E-state index in [1.54, 1.807) is 12.1 Å². The lowest BCUT2D eigenvalue weighted by atomic mass is 9.47. The van der Waals surface area contributed by atoms with E-state index in [0.29, 0.717) is 36.0 Å². The first-order valence-electron chi connectivity index (χ1n) is 13.4. The van der Waals surface area contributed by atoms with Crippen molar-refractivity contribution < 1.29 is 14.3 Å². The van der Waals surface area contributed by atoms with E-state index in [1.165, 1.54) is 44.2 Å². The molecule has 0 aromatic heterocycles. The minimum Gasteiger partial charge on any atom is -0.390 e. The Morgan fingerprint density at radius 3 is 2.52 bits per heavy atom. The molecule has 5 aliphatic carbocycles. The minimum absolute atomic E-state index is 0.136. The molecule has 33 heavy (non-hydrogen) atoms. The summed E-state index contributed by atoms with van der Waals surface area (Å²) in [6.45, 7) is 7.22. The van der Waals surface area contributed by atoms with Crippen LogP contribution >= 0.6 is 0 Å². The Morgan fingerprint density at radius 2 is 1.76 bits per heavy atom. The fraction of sp³-hybridized carbons (Fsp3) is 0.759. The Kier molecular flexibility index (Phi) is 5.04. The molecule has 5 fully saturated rings. The molecule has 11 atom stereocenters. The molecular weight excluding hydrogens is 413 g/mol. The summed E-state index contributed by atoms with van der Waals surface area (Å²) >= 11 is 0. The first-order valence-corrected chi connectivity index (χ1v) is 13.4. The van der Waals surface area contributed by atoms with Gasteiger partial charge in [0.05, 0.1) is 12.1 Å². The van der Waals surface area contributed by atoms with Crippen LogP contribution in [-0.2, 0) is 4.79 Å². The van der Waals surface area contributed by atoms with Crippen molar-refractivity contribution in [3.8, 4) is 0 Å². The highest BCUT2D eigenvalue weighted by Gasteiger charge is 2.73. The Bertz CT molecular complexity index is 928. The number of fused-ring (bicyclic) bond motifs is 7. The van der Waals surface area contributed by atoms with E-state index in [0.717, 1.165) is 42.2 Å². The SMILES string of the molecule is C[C@H]1[C@@H]2[C@H]1[C@H](C(=O)CNc1ccc(F)cc1)[C@@]1(C)CC[C@H]3[C@@H](CC[C@@H]4C[C@](C)(O)CC[C@@H]43)[C@H]21. The maximum Gasteiger partial charge on any atom is 0.155 e. The summed E-state index contributed by atoms with van der Waals surface area (Å²) < 4.78 is 13.2. The van der Waals surface area contributed by atoms with Crippen LogP contribution in [0.2, 0.25) is 0 Å². The van der Waals surface area contributed by atoms with Crippen LogP contribution in [-0.4, -0.2) is 23.0 Å². The lowest BCUT2D eigenvalue weighted by Gasteiger charge is -2.58. The maximum absolute atomic E-state index is 13.6. The van der Waals surface area contributed by atoms with Crippen LogP contribution in [0.25, 0.3) is 0 Å². The van der Waals surface area contributed by atoms with Gasteiger partial charge in [-0.05, 0) is 129 Å². The number of nitrogens with one attached hydrogen (secondary N) is 1. The van der Waals surface area contributed by atoms with Gasteiger partial charge in [-0.15, -0.1) is 0 Å². The molecule has 1 aromatic rings. The molecule has 4 heteroatoms. The maximum atomic E-state index is 13.6. The van der Waals surface area contributed by atoms with Gasteiger partial charge in [0.1, 0.15) is 5.82 Å². The van der Waals surface area contributed by atoms with Gasteiger partial charge < -0.3 is 10.4 Å². The van der Waals surface area contributed by atoms with E-state index in [1.807, 2.05) is 6.92 Å². The second-order valence-electron chi connectivity index (χ2n) is 13.0. The number of Topliss-reactive ketones (excluding diaryl/α,β-unsaturated/α-hetero) is 1. The summed E-state index contributed by atoms with van der Waals surface area (Å²) in [5, 5.41) is 13.9. The number of anilines is 1. The summed E-state index contributed by atoms with van der Waals surface area (Å²) in [6.07, 6.45) is 8.16. The quantitative estimate of drug-likeness (QED) is 0.594. The first-order chi connectivity index (χ1) is 15.7. The molecule has 6 rings (SSSR count). The average molecular weight is 454 g/mol. The Morgan fingerprint density at radius 1 is 1.03 bits per heavy atom. The fourth-order valence-corrected chi connectivity index (χ4v) is 9.95. The smallest absolute Gasteiger partial charge is 0.155 e. The highest BCUT2D eigenvalue weighted by molar-refractivity contribution is 5.87. The van der Waals surface area contributed by atoms with E-state index in [4.69, 9.17) is 0 Å². The molecule has 5 saturated carbocycles. The summed E-state index contributed by atoms with van der Waals surface area (Å²) in [5.41, 5.74) is 0.493. The molecule has 0 radical (unpaired) electrons. The van der Waals surface area contributed by atoms with Crippen molar-refractivity contribution in [2.75, 3.05) is 11.9 Å². The summed E-state index contributed by atoms with van der Waals surface area (Å²) in [7, 11) is 0. The number of rotatable bonds is 4. The molecule has 0 heterocycles. The van der Waals surface area contributed by atoms with E-state index in [-0.39, 0.29) is 17.2 Å². The van der Waals surface area contributed by atoms with Gasteiger partial charge in [-0.1, -0.05) is 13.8 Å². The van der Waals surface area contributed by atoms with Crippen LogP contribution < -0.4 is 5.32 Å². The number of carbonyl (C=O) groups excluding carboxylic acids is 1. The third kappa shape index (κ3) is 3.41. The molecule has 0 amide bonds. The zero-order chi connectivity index (χ0) is 23.1. The van der Waals surface area contributed by atoms with E-state index < -0.39 is 5.60 Å². The zero-order valence-electron chi connectivity index (χ0n) is 20.4. The number of benzene rings is 1. The largest absolute Gasteiger partial charge is 0.390 e. The van der Waals surface area contributed by atoms with Gasteiger partial charge >= 0.3 is 0 Å². The van der Waals surface area contributed by atoms with Crippen molar-refractivity contribution in [3.63, 3.8) is 0 Å². The lowest BCUT2D eigenvalue weighted by Crippen LogP contribution is -2.53. The standard InChI is InChI=1S/C29H40FNO2/c1-16-24-25(16)27(23(32)15-31-19-7-5-18(30)6-8-19)29(3)13-11-21-20-10-12-28(2,33)14-17(20)4-9-22(21)26(24)29/h5-8,16-17,20-22,24-27,31,33H,4,9-15H2,1-3H3/t16-,17+,20-,21+,22+,24+,25-,26+,27-,28+,29-/m0/s1. The van der Waals surface area contributed by atoms with Gasteiger partial charge in [-0.3, -0.25) is 4.79 Å². The monoisotopic (exact) mass is 453 g/mol. The predicted octanol–water partition coefficient (Wildman–Crippen LogP) is 5.93. The number of aliphatic hydroxyl groups is 1. The molecule has 0 saturated heterocycles. The molecule has 0 spiro atoms. The summed E-state index contributed by atoms with van der Waals surface area (Å²) in [5.74, 6) is 6.00. The number of hydrogen-bond donors (Lipinski definition) is 2. The Labute approximate surface area is 197 Å². The Hall–Kier alpha value is -1.42. The van der Waals surface area contributed by atoms with Crippen molar-refractivity contribution in [3.05, 3.63) is 30.1 Å². The highest BCUT2D eigenvalue weighted by Crippen LogP contribution is 2.76. The minimum atomic E-state index is -0.463. The summed E-state index contributed by atoms with van der Waals surface area (Å²) in [6, 6.07) is 6.33. The van der Waals surface area contributed by atoms with Gasteiger partial charge in [-0.25, -0.2) is 4.39 Å². The molecule has 5 aliphatic rings. The molecule has 0 unspecified atom stereocenters. The third-order valence-corrected chi connectivity index (χ3v) is 11.2. The van der Waals surface area contributed by atoms with Crippen LogP contribution in [0.1, 0.15) is 65.7 Å². The Balaban J connectivity index is 1.20. The number of hydrogen-bond acceptors (Lipinski definition) is 3. The van der Waals surface area contributed by atoms with Gasteiger partial charge in [0, 0.05) is 11.6 Å². The van der Waals surface area contributed by atoms with Crippen molar-refractivity contribution in [2.45, 2.75) is 71.3 Å². The van der Waals surface area contributed by atoms with Gasteiger partial charge in [-0.2, -0.15) is 0 Å². The molecule has 3 nitrogen and oxygen atoms in total. The van der Waals surface area contributed by atoms with Crippen LogP contribution in [0.3, 0.4) is 0 Å². The van der Waals surface area contributed by atoms with Gasteiger partial charge in [0.25, 0.3) is 0 Å². The second kappa shape index (κ2) is 7.54. The van der Waals surface area contributed by atoms with Crippen LogP contribution in [0.15, 0.2) is 24.3 Å². The van der Waals surface area contributed by atoms with Crippen LogP contribution in [0.4, 0.5) is 10.1 Å². The van der Waals surface area contributed by atoms with E-state index in [2.05, 4.69) is 19.2 Å². The molecule has 0 bridgehead atoms. The normalized spacial score (nSPS) is 49.9. The molecule has 2 N–H and O–H groups in total. The molecule has 1 aromatic carbocycles. The zero-order valence-corrected chi connectivity index (χ0v) is 20.4. The highest BCUT2D eigenvalue weighted by atomic mass is 19.1. The van der Waals surface area contributed by atoms with Crippen molar-refractivity contribution in [2.24, 2.45) is 58.7 Å². The molecule has 180 valence electrons. The first kappa shape index (κ1) is 22.1. The second-order valence-corrected chi connectivity index (χ2v) is 13.0. The predicted molar refractivity (Wildman–Crippen MR) is 128 cm³/mol. The summed E-state index contributed by atoms with van der Waals surface area (Å²) in [4.78, 5) is 13.6. The number of halogens is 1. The van der Waals surface area contributed by atoms with Crippen molar-refractivity contribution >= 4 is 11.5 Å². The van der Waals surface area contributed by atoms with Gasteiger partial charge in [0.2, 0.25) is 0 Å². The molecular formula is C29H40FNO2. The van der Waals surface area contributed by atoms with Crippen molar-refractivity contribution in [1.82, 2.24) is 0 Å². The average Bonchev–Trinajstić information content (AvgIpc) is 3.29. The number of ketones is 1. The van der Waals surface area contributed by atoms with Gasteiger partial charge in [0.15, 0.2) is 5.78 Å². The van der Waals surface area contributed by atoms with Crippen LogP contribution in [0.5, 0.6) is 0 Å². The van der Waals surface area contributed by atoms with Crippen LogP contribution in [0, 0.1) is 64.5 Å². The lowest BCUT2D eigenvalue weighted by molar-refractivity contribution is -0.135. The number of carbonyl (C=O) groups is 1. The molecule has 0 aliphatic heterocycles. The van der Waals surface area contributed by atoms with E-state index in [9.17, 15) is 14.3 Å².